The number of hydrogen-bond acceptors (Lipinski definition) is 5. The van der Waals surface area contributed by atoms with E-state index in [4.69, 9.17) is 4.74 Å². The second-order valence-electron chi connectivity index (χ2n) is 6.12. The molecule has 3 rings (SSSR count). The van der Waals surface area contributed by atoms with Gasteiger partial charge in [0.2, 0.25) is 5.91 Å². The molecular weight excluding hydrogens is 348 g/mol. The molecule has 0 saturated carbocycles. The van der Waals surface area contributed by atoms with Gasteiger partial charge in [-0.1, -0.05) is 18.2 Å². The molecule has 27 heavy (non-hydrogen) atoms. The van der Waals surface area contributed by atoms with Crippen LogP contribution in [0.3, 0.4) is 0 Å². The summed E-state index contributed by atoms with van der Waals surface area (Å²) < 4.78 is 5.09. The van der Waals surface area contributed by atoms with Crippen LogP contribution in [0.4, 0.5) is 4.79 Å². The Hall–Kier alpha value is -3.42. The van der Waals surface area contributed by atoms with E-state index in [2.05, 4.69) is 15.6 Å². The normalized spacial score (nSPS) is 16.2. The molecule has 1 atom stereocenters. The number of methoxy groups -OCH3 is 1. The van der Waals surface area contributed by atoms with Crippen molar-refractivity contribution in [1.82, 2.24) is 20.5 Å². The predicted molar refractivity (Wildman–Crippen MR) is 96.6 cm³/mol. The second-order valence-corrected chi connectivity index (χ2v) is 6.12. The number of rotatable bonds is 7. The van der Waals surface area contributed by atoms with Crippen molar-refractivity contribution in [3.05, 3.63) is 59.9 Å². The van der Waals surface area contributed by atoms with Gasteiger partial charge in [0.15, 0.2) is 0 Å². The van der Waals surface area contributed by atoms with Crippen LogP contribution in [0.2, 0.25) is 0 Å². The molecule has 1 saturated heterocycles. The number of ether oxygens (including phenoxy) is 1. The van der Waals surface area contributed by atoms with Gasteiger partial charge in [-0.05, 0) is 29.3 Å². The van der Waals surface area contributed by atoms with Crippen molar-refractivity contribution in [2.24, 2.45) is 0 Å². The molecule has 2 N–H and O–H groups in total. The molecule has 140 valence electrons. The van der Waals surface area contributed by atoms with Crippen LogP contribution in [0, 0.1) is 0 Å². The van der Waals surface area contributed by atoms with E-state index in [1.54, 1.807) is 49.8 Å². The first kappa shape index (κ1) is 18.4. The van der Waals surface area contributed by atoms with E-state index in [0.29, 0.717) is 12.3 Å². The lowest BCUT2D eigenvalue weighted by Crippen LogP contribution is -2.36. The Balaban J connectivity index is 1.54. The van der Waals surface area contributed by atoms with Crippen LogP contribution in [-0.4, -0.2) is 40.9 Å². The first-order valence-corrected chi connectivity index (χ1v) is 8.47. The zero-order chi connectivity index (χ0) is 19.2. The minimum atomic E-state index is -0.857. The number of benzene rings is 1. The highest BCUT2D eigenvalue weighted by Gasteiger charge is 2.38. The van der Waals surface area contributed by atoms with Crippen LogP contribution < -0.4 is 15.4 Å². The van der Waals surface area contributed by atoms with Crippen molar-refractivity contribution in [2.45, 2.75) is 25.6 Å². The van der Waals surface area contributed by atoms with Crippen molar-refractivity contribution < 1.29 is 19.1 Å². The lowest BCUT2D eigenvalue weighted by Gasteiger charge is -2.13. The molecule has 4 amide bonds. The van der Waals surface area contributed by atoms with E-state index >= 15 is 0 Å². The van der Waals surface area contributed by atoms with Gasteiger partial charge in [-0.15, -0.1) is 0 Å². The molecule has 0 bridgehead atoms. The topological polar surface area (TPSA) is 101 Å². The highest BCUT2D eigenvalue weighted by molar-refractivity contribution is 6.05. The zero-order valence-corrected chi connectivity index (χ0v) is 14.8. The first-order chi connectivity index (χ1) is 13.1. The summed E-state index contributed by atoms with van der Waals surface area (Å²) in [5, 5.41) is 5.29. The van der Waals surface area contributed by atoms with Crippen molar-refractivity contribution in [3.63, 3.8) is 0 Å². The predicted octanol–water partition coefficient (Wildman–Crippen LogP) is 1.22. The van der Waals surface area contributed by atoms with Gasteiger partial charge in [-0.3, -0.25) is 19.5 Å². The van der Waals surface area contributed by atoms with Gasteiger partial charge in [0.25, 0.3) is 5.91 Å². The Morgan fingerprint density at radius 2 is 2.00 bits per heavy atom. The number of urea groups is 1. The minimum Gasteiger partial charge on any atom is -0.497 e. The summed E-state index contributed by atoms with van der Waals surface area (Å²) in [5.74, 6) is -0.0322. The molecule has 1 aromatic carbocycles. The molecule has 1 aliphatic rings. The summed E-state index contributed by atoms with van der Waals surface area (Å²) in [7, 11) is 1.57. The van der Waals surface area contributed by atoms with Gasteiger partial charge in [0.1, 0.15) is 11.8 Å². The number of hydrogen-bond donors (Lipinski definition) is 2. The van der Waals surface area contributed by atoms with Crippen LogP contribution in [0.15, 0.2) is 48.8 Å². The van der Waals surface area contributed by atoms with Crippen LogP contribution in [0.1, 0.15) is 17.5 Å². The molecule has 1 aromatic heterocycles. The Labute approximate surface area is 156 Å². The fraction of sp³-hybridized carbons (Fsp3) is 0.263. The number of amides is 4. The number of nitrogens with zero attached hydrogens (tertiary/aromatic N) is 2. The van der Waals surface area contributed by atoms with Crippen LogP contribution >= 0.6 is 0 Å². The van der Waals surface area contributed by atoms with E-state index in [1.165, 1.54) is 0 Å². The van der Waals surface area contributed by atoms with Crippen LogP contribution in [0.25, 0.3) is 0 Å². The smallest absolute Gasteiger partial charge is 0.325 e. The highest BCUT2D eigenvalue weighted by atomic mass is 16.5. The van der Waals surface area contributed by atoms with Gasteiger partial charge >= 0.3 is 6.03 Å². The number of carbonyl (C=O) groups excluding carboxylic acids is 3. The third-order valence-corrected chi connectivity index (χ3v) is 4.21. The third-order valence-electron chi connectivity index (χ3n) is 4.21. The standard InChI is InChI=1S/C19H20N4O4/c1-27-15-6-4-13(5-7-15)12-23-18(25)16(22-19(23)26)9-17(24)21-11-14-3-2-8-20-10-14/h2-8,10,16H,9,11-12H2,1H3,(H,21,24)(H,22,26). The summed E-state index contributed by atoms with van der Waals surface area (Å²) in [5.41, 5.74) is 1.65. The lowest BCUT2D eigenvalue weighted by atomic mass is 10.1. The maximum absolute atomic E-state index is 12.5. The van der Waals surface area contributed by atoms with Crippen molar-refractivity contribution in [2.75, 3.05) is 7.11 Å². The summed E-state index contributed by atoms with van der Waals surface area (Å²) in [6.45, 7) is 0.458. The maximum atomic E-state index is 12.5. The van der Waals surface area contributed by atoms with Crippen molar-refractivity contribution in [3.8, 4) is 5.75 Å². The highest BCUT2D eigenvalue weighted by Crippen LogP contribution is 2.17. The number of pyridine rings is 1. The second kappa shape index (κ2) is 8.31. The lowest BCUT2D eigenvalue weighted by molar-refractivity contribution is -0.131. The fourth-order valence-corrected chi connectivity index (χ4v) is 2.74. The van der Waals surface area contributed by atoms with Gasteiger partial charge in [0, 0.05) is 18.9 Å². The number of imide groups is 1. The molecule has 8 heteroatoms. The Morgan fingerprint density at radius 3 is 2.67 bits per heavy atom. The first-order valence-electron chi connectivity index (χ1n) is 8.47. The SMILES string of the molecule is COc1ccc(CN2C(=O)NC(CC(=O)NCc3cccnc3)C2=O)cc1. The van der Waals surface area contributed by atoms with E-state index < -0.39 is 18.0 Å². The average Bonchev–Trinajstić information content (AvgIpc) is 2.95. The molecule has 0 radical (unpaired) electrons. The molecule has 1 aliphatic heterocycles. The Morgan fingerprint density at radius 1 is 1.22 bits per heavy atom. The van der Waals surface area contributed by atoms with Crippen molar-refractivity contribution >= 4 is 17.8 Å². The number of nitrogens with one attached hydrogen (secondary N) is 2. The van der Waals surface area contributed by atoms with Gasteiger partial charge < -0.3 is 15.4 Å². The molecule has 2 aromatic rings. The van der Waals surface area contributed by atoms with E-state index in [1.807, 2.05) is 6.07 Å². The monoisotopic (exact) mass is 368 g/mol. The Kier molecular flexibility index (Phi) is 5.65. The number of carbonyl (C=O) groups is 3. The fourth-order valence-electron chi connectivity index (χ4n) is 2.74. The Bertz CT molecular complexity index is 823. The molecule has 1 fully saturated rings. The largest absolute Gasteiger partial charge is 0.497 e. The van der Waals surface area contributed by atoms with Crippen LogP contribution in [0.5, 0.6) is 5.75 Å². The van der Waals surface area contributed by atoms with Gasteiger partial charge in [-0.2, -0.15) is 0 Å². The van der Waals surface area contributed by atoms with Crippen LogP contribution in [-0.2, 0) is 22.7 Å². The molecular formula is C19H20N4O4. The van der Waals surface area contributed by atoms with Gasteiger partial charge in [-0.25, -0.2) is 4.79 Å². The van der Waals surface area contributed by atoms with E-state index in [9.17, 15) is 14.4 Å². The van der Waals surface area contributed by atoms with Crippen molar-refractivity contribution in [1.29, 1.82) is 0 Å². The molecule has 0 aliphatic carbocycles. The average molecular weight is 368 g/mol. The molecule has 0 spiro atoms. The minimum absolute atomic E-state index is 0.107. The zero-order valence-electron chi connectivity index (χ0n) is 14.8. The summed E-state index contributed by atoms with van der Waals surface area (Å²) in [6.07, 6.45) is 3.19. The maximum Gasteiger partial charge on any atom is 0.325 e. The van der Waals surface area contributed by atoms with Gasteiger partial charge in [0.05, 0.1) is 20.1 Å². The molecule has 1 unspecified atom stereocenters. The molecule has 8 nitrogen and oxygen atoms in total. The quantitative estimate of drug-likeness (QED) is 0.716. The summed E-state index contributed by atoms with van der Waals surface area (Å²) in [4.78, 5) is 41.8. The molecule has 2 heterocycles. The van der Waals surface area contributed by atoms with E-state index in [0.717, 1.165) is 16.0 Å². The summed E-state index contributed by atoms with van der Waals surface area (Å²) in [6, 6.07) is 9.35. The third kappa shape index (κ3) is 4.60. The summed E-state index contributed by atoms with van der Waals surface area (Å²) >= 11 is 0. The number of aromatic nitrogens is 1. The van der Waals surface area contributed by atoms with E-state index in [-0.39, 0.29) is 18.9 Å².